The molecule has 1 aromatic rings. The molecule has 80 valence electrons. The van der Waals surface area contributed by atoms with Gasteiger partial charge in [-0.3, -0.25) is 4.79 Å². The number of nitrogens with zero attached hydrogens (tertiary/aromatic N) is 2. The van der Waals surface area contributed by atoms with Gasteiger partial charge in [0.05, 0.1) is 11.4 Å². The Labute approximate surface area is 94.1 Å². The largest absolute Gasteiger partial charge is 0.311 e. The van der Waals surface area contributed by atoms with E-state index in [0.717, 1.165) is 30.8 Å². The molecule has 1 fully saturated rings. The number of amides is 1. The van der Waals surface area contributed by atoms with Crippen molar-refractivity contribution in [1.29, 1.82) is 0 Å². The van der Waals surface area contributed by atoms with Crippen LogP contribution in [0.1, 0.15) is 25.0 Å². The van der Waals surface area contributed by atoms with Crippen LogP contribution < -0.4 is 4.90 Å². The number of pyridine rings is 1. The molecule has 1 aromatic heterocycles. The molecule has 2 heterocycles. The van der Waals surface area contributed by atoms with Crippen molar-refractivity contribution < 1.29 is 4.79 Å². The summed E-state index contributed by atoms with van der Waals surface area (Å²) in [5, 5.41) is 0.473. The topological polar surface area (TPSA) is 33.2 Å². The van der Waals surface area contributed by atoms with Crippen molar-refractivity contribution in [1.82, 2.24) is 4.98 Å². The fraction of sp³-hybridized carbons (Fsp3) is 0.455. The minimum atomic E-state index is 0.188. The zero-order valence-corrected chi connectivity index (χ0v) is 9.42. The fourth-order valence-corrected chi connectivity index (χ4v) is 2.06. The van der Waals surface area contributed by atoms with Gasteiger partial charge in [0.2, 0.25) is 5.91 Å². The molecule has 0 radical (unpaired) electrons. The second-order valence-corrected chi connectivity index (χ2v) is 4.13. The van der Waals surface area contributed by atoms with E-state index in [-0.39, 0.29) is 5.91 Å². The second-order valence-electron chi connectivity index (χ2n) is 3.74. The van der Waals surface area contributed by atoms with Crippen LogP contribution in [0, 0.1) is 6.92 Å². The summed E-state index contributed by atoms with van der Waals surface area (Å²) in [6, 6.07) is 3.60. The van der Waals surface area contributed by atoms with Crippen LogP contribution in [0.5, 0.6) is 0 Å². The smallest absolute Gasteiger partial charge is 0.227 e. The highest BCUT2D eigenvalue weighted by molar-refractivity contribution is 6.29. The van der Waals surface area contributed by atoms with Gasteiger partial charge in [-0.15, -0.1) is 0 Å². The SMILES string of the molecule is Cc1nc(Cl)ccc1N1CCCCC1=O. The molecule has 1 amide bonds. The molecule has 1 aliphatic rings. The lowest BCUT2D eigenvalue weighted by atomic mass is 10.1. The van der Waals surface area contributed by atoms with Crippen LogP contribution >= 0.6 is 11.6 Å². The first kappa shape index (κ1) is 10.4. The number of carbonyl (C=O) groups excluding carboxylic acids is 1. The van der Waals surface area contributed by atoms with Gasteiger partial charge in [0.25, 0.3) is 0 Å². The van der Waals surface area contributed by atoms with Gasteiger partial charge in [0, 0.05) is 13.0 Å². The second kappa shape index (κ2) is 4.19. The monoisotopic (exact) mass is 224 g/mol. The van der Waals surface area contributed by atoms with Crippen molar-refractivity contribution in [2.75, 3.05) is 11.4 Å². The van der Waals surface area contributed by atoms with Gasteiger partial charge in [-0.1, -0.05) is 11.6 Å². The summed E-state index contributed by atoms with van der Waals surface area (Å²) < 4.78 is 0. The Morgan fingerprint density at radius 3 is 2.87 bits per heavy atom. The number of aryl methyl sites for hydroxylation is 1. The summed E-state index contributed by atoms with van der Waals surface area (Å²) in [5.74, 6) is 0.188. The zero-order valence-electron chi connectivity index (χ0n) is 8.66. The highest BCUT2D eigenvalue weighted by Crippen LogP contribution is 2.24. The van der Waals surface area contributed by atoms with Gasteiger partial charge < -0.3 is 4.90 Å². The van der Waals surface area contributed by atoms with Crippen LogP contribution in [0.4, 0.5) is 5.69 Å². The number of rotatable bonds is 1. The van der Waals surface area contributed by atoms with E-state index in [1.165, 1.54) is 0 Å². The summed E-state index contributed by atoms with van der Waals surface area (Å²) in [6.45, 7) is 2.67. The number of hydrogen-bond acceptors (Lipinski definition) is 2. The van der Waals surface area contributed by atoms with Crippen LogP contribution in [0.3, 0.4) is 0 Å². The third-order valence-corrected chi connectivity index (χ3v) is 2.85. The van der Waals surface area contributed by atoms with Crippen molar-refractivity contribution >= 4 is 23.2 Å². The summed E-state index contributed by atoms with van der Waals surface area (Å²) >= 11 is 5.78. The first-order valence-corrected chi connectivity index (χ1v) is 5.50. The predicted octanol–water partition coefficient (Wildman–Crippen LogP) is 2.56. The van der Waals surface area contributed by atoms with Crippen molar-refractivity contribution in [3.63, 3.8) is 0 Å². The van der Waals surface area contributed by atoms with Crippen LogP contribution in [0.15, 0.2) is 12.1 Å². The molecule has 0 unspecified atom stereocenters. The molecule has 3 nitrogen and oxygen atoms in total. The van der Waals surface area contributed by atoms with E-state index in [1.54, 1.807) is 6.07 Å². The number of hydrogen-bond donors (Lipinski definition) is 0. The third-order valence-electron chi connectivity index (χ3n) is 2.64. The van der Waals surface area contributed by atoms with Gasteiger partial charge in [-0.05, 0) is 31.9 Å². The van der Waals surface area contributed by atoms with Crippen molar-refractivity contribution in [3.05, 3.63) is 23.0 Å². The molecule has 0 aromatic carbocycles. The molecule has 0 bridgehead atoms. The molecule has 4 heteroatoms. The number of piperidine rings is 1. The molecule has 15 heavy (non-hydrogen) atoms. The lowest BCUT2D eigenvalue weighted by Crippen LogP contribution is -2.35. The van der Waals surface area contributed by atoms with Gasteiger partial charge >= 0.3 is 0 Å². The average molecular weight is 225 g/mol. The molecular formula is C11H13ClN2O. The highest BCUT2D eigenvalue weighted by atomic mass is 35.5. The van der Waals surface area contributed by atoms with E-state index in [4.69, 9.17) is 11.6 Å². The Kier molecular flexibility index (Phi) is 2.91. The molecule has 2 rings (SSSR count). The summed E-state index contributed by atoms with van der Waals surface area (Å²) in [6.07, 6.45) is 2.70. The van der Waals surface area contributed by atoms with Gasteiger partial charge in [-0.2, -0.15) is 0 Å². The predicted molar refractivity (Wildman–Crippen MR) is 60.2 cm³/mol. The van der Waals surface area contributed by atoms with E-state index < -0.39 is 0 Å². The fourth-order valence-electron chi connectivity index (χ4n) is 1.87. The third kappa shape index (κ3) is 2.12. The quantitative estimate of drug-likeness (QED) is 0.687. The zero-order chi connectivity index (χ0) is 10.8. The summed E-state index contributed by atoms with van der Waals surface area (Å²) in [4.78, 5) is 17.7. The van der Waals surface area contributed by atoms with E-state index >= 15 is 0 Å². The first-order chi connectivity index (χ1) is 7.18. The maximum atomic E-state index is 11.7. The van der Waals surface area contributed by atoms with Crippen LogP contribution in [0.2, 0.25) is 5.15 Å². The Bertz CT molecular complexity index is 392. The summed E-state index contributed by atoms with van der Waals surface area (Å²) in [5.41, 5.74) is 1.71. The first-order valence-electron chi connectivity index (χ1n) is 5.12. The number of anilines is 1. The van der Waals surface area contributed by atoms with Crippen molar-refractivity contribution in [2.45, 2.75) is 26.2 Å². The van der Waals surface area contributed by atoms with Crippen molar-refractivity contribution in [2.24, 2.45) is 0 Å². The molecule has 0 N–H and O–H groups in total. The van der Waals surface area contributed by atoms with E-state index in [0.29, 0.717) is 11.6 Å². The Morgan fingerprint density at radius 1 is 1.40 bits per heavy atom. The van der Waals surface area contributed by atoms with Gasteiger partial charge in [0.1, 0.15) is 5.15 Å². The van der Waals surface area contributed by atoms with Crippen LogP contribution in [0.25, 0.3) is 0 Å². The molecule has 1 saturated heterocycles. The highest BCUT2D eigenvalue weighted by Gasteiger charge is 2.21. The summed E-state index contributed by atoms with van der Waals surface area (Å²) in [7, 11) is 0. The molecule has 1 aliphatic heterocycles. The lowest BCUT2D eigenvalue weighted by molar-refractivity contribution is -0.119. The maximum absolute atomic E-state index is 11.7. The van der Waals surface area contributed by atoms with Crippen LogP contribution in [-0.4, -0.2) is 17.4 Å². The Balaban J connectivity index is 2.31. The Hall–Kier alpha value is -1.09. The van der Waals surface area contributed by atoms with E-state index in [2.05, 4.69) is 4.98 Å². The van der Waals surface area contributed by atoms with Gasteiger partial charge in [0.15, 0.2) is 0 Å². The molecule has 0 spiro atoms. The number of halogens is 1. The minimum Gasteiger partial charge on any atom is -0.311 e. The standard InChI is InChI=1S/C11H13ClN2O/c1-8-9(5-6-10(12)13-8)14-7-3-2-4-11(14)15/h5-6H,2-4,7H2,1H3. The normalized spacial score (nSPS) is 16.9. The Morgan fingerprint density at radius 2 is 2.20 bits per heavy atom. The molecule has 0 saturated carbocycles. The van der Waals surface area contributed by atoms with E-state index in [1.807, 2.05) is 17.9 Å². The van der Waals surface area contributed by atoms with E-state index in [9.17, 15) is 4.79 Å². The average Bonchev–Trinajstić information content (AvgIpc) is 2.20. The number of aromatic nitrogens is 1. The number of carbonyl (C=O) groups is 1. The molecule has 0 aliphatic carbocycles. The van der Waals surface area contributed by atoms with Crippen LogP contribution in [-0.2, 0) is 4.79 Å². The molecular weight excluding hydrogens is 212 g/mol. The van der Waals surface area contributed by atoms with Crippen molar-refractivity contribution in [3.8, 4) is 0 Å². The van der Waals surface area contributed by atoms with Gasteiger partial charge in [-0.25, -0.2) is 4.98 Å². The lowest BCUT2D eigenvalue weighted by Gasteiger charge is -2.27. The minimum absolute atomic E-state index is 0.188. The maximum Gasteiger partial charge on any atom is 0.227 e. The molecule has 0 atom stereocenters.